The summed E-state index contributed by atoms with van der Waals surface area (Å²) in [5.41, 5.74) is 0. The number of ether oxygens (including phenoxy) is 6. The molecule has 5 atom stereocenters. The van der Waals surface area contributed by atoms with Gasteiger partial charge in [0.05, 0.1) is 0 Å². The Hall–Kier alpha value is -1.87. The van der Waals surface area contributed by atoms with Gasteiger partial charge in [-0.15, -0.1) is 0 Å². The molecule has 3 aliphatic heterocycles. The topological polar surface area (TPSA) is 159 Å². The molecule has 3 aliphatic rings. The molecule has 1 aromatic heterocycles. The molecule has 34 heavy (non-hydrogen) atoms. The molecule has 0 saturated carbocycles. The first-order valence-corrected chi connectivity index (χ1v) is 11.6. The van der Waals surface area contributed by atoms with E-state index in [2.05, 4.69) is 25.6 Å². The summed E-state index contributed by atoms with van der Waals surface area (Å²) in [5, 5.41) is 24.1. The average molecular weight is 486 g/mol. The van der Waals surface area contributed by atoms with Crippen molar-refractivity contribution in [1.82, 2.24) is 15.0 Å². The average Bonchev–Trinajstić information content (AvgIpc) is 3.26. The Bertz CT molecular complexity index is 800. The highest BCUT2D eigenvalue weighted by Crippen LogP contribution is 2.44. The smallest absolute Gasteiger partial charge is 0.323 e. The van der Waals surface area contributed by atoms with Crippen LogP contribution in [0, 0.1) is 0 Å². The van der Waals surface area contributed by atoms with Crippen molar-refractivity contribution in [2.45, 2.75) is 82.8 Å². The van der Waals surface area contributed by atoms with Crippen molar-refractivity contribution in [3.05, 3.63) is 0 Å². The summed E-state index contributed by atoms with van der Waals surface area (Å²) < 4.78 is 36.3. The van der Waals surface area contributed by atoms with Gasteiger partial charge in [0.15, 0.2) is 17.9 Å². The fraction of sp³-hybridized carbons (Fsp3) is 0.857. The monoisotopic (exact) mass is 485 g/mol. The highest BCUT2D eigenvalue weighted by Gasteiger charge is 2.60. The molecule has 0 bridgehead atoms. The van der Waals surface area contributed by atoms with E-state index < -0.39 is 36.2 Å². The third-order valence-corrected chi connectivity index (χ3v) is 5.48. The molecule has 13 nitrogen and oxygen atoms in total. The predicted molar refractivity (Wildman–Crippen MR) is 118 cm³/mol. The number of hydrogen-bond donors (Lipinski definition) is 4. The zero-order chi connectivity index (χ0) is 24.3. The minimum absolute atomic E-state index is 0.0494. The summed E-state index contributed by atoms with van der Waals surface area (Å²) in [7, 11) is 0. The summed E-state index contributed by atoms with van der Waals surface area (Å²) in [6.45, 7) is 8.52. The molecule has 4 heterocycles. The standard InChI is InChI=1S/C21H35N5O8/c1-20(2)31-13-12(30-16-15(14(13)32-20)33-21(3,4)34-16)11-29-19-25-17(22-7-5-9-27)24-18(26-19)23-8-6-10-28/h12-16,27-28H,5-11H2,1-4H3,(H2,22,23,24,25,26)/t12-,13+,14+,15-,16-/m1/s1. The van der Waals surface area contributed by atoms with Gasteiger partial charge in [-0.2, -0.15) is 15.0 Å². The van der Waals surface area contributed by atoms with Gasteiger partial charge in [-0.25, -0.2) is 0 Å². The van der Waals surface area contributed by atoms with E-state index in [-0.39, 0.29) is 31.9 Å². The normalized spacial score (nSPS) is 31.1. The van der Waals surface area contributed by atoms with Crippen LogP contribution in [0.2, 0.25) is 0 Å². The molecule has 0 amide bonds. The van der Waals surface area contributed by atoms with Crippen LogP contribution in [0.15, 0.2) is 0 Å². The number of aromatic nitrogens is 3. The molecular formula is C21H35N5O8. The maximum atomic E-state index is 9.02. The van der Waals surface area contributed by atoms with Crippen LogP contribution in [0.4, 0.5) is 11.9 Å². The molecule has 0 aromatic carbocycles. The first kappa shape index (κ1) is 25.2. The predicted octanol–water partition coefficient (Wildman–Crippen LogP) is 0.236. The Labute approximate surface area is 198 Å². The fourth-order valence-corrected chi connectivity index (χ4v) is 4.12. The van der Waals surface area contributed by atoms with Crippen molar-refractivity contribution in [1.29, 1.82) is 0 Å². The summed E-state index contributed by atoms with van der Waals surface area (Å²) in [6, 6.07) is 0.0948. The van der Waals surface area contributed by atoms with Crippen LogP contribution in [0.25, 0.3) is 0 Å². The Morgan fingerprint density at radius 2 is 1.35 bits per heavy atom. The van der Waals surface area contributed by atoms with E-state index in [9.17, 15) is 0 Å². The molecule has 4 N–H and O–H groups in total. The van der Waals surface area contributed by atoms with Crippen molar-refractivity contribution in [2.24, 2.45) is 0 Å². The second-order valence-electron chi connectivity index (χ2n) is 9.29. The van der Waals surface area contributed by atoms with E-state index in [1.165, 1.54) is 0 Å². The molecule has 192 valence electrons. The second kappa shape index (κ2) is 10.4. The van der Waals surface area contributed by atoms with Crippen molar-refractivity contribution >= 4 is 11.9 Å². The van der Waals surface area contributed by atoms with E-state index in [1.54, 1.807) is 0 Å². The van der Waals surface area contributed by atoms with Gasteiger partial charge < -0.3 is 49.3 Å². The highest BCUT2D eigenvalue weighted by molar-refractivity contribution is 5.35. The van der Waals surface area contributed by atoms with Crippen LogP contribution >= 0.6 is 0 Å². The molecule has 4 rings (SSSR count). The van der Waals surface area contributed by atoms with Gasteiger partial charge in [-0.1, -0.05) is 0 Å². The number of nitrogens with zero attached hydrogens (tertiary/aromatic N) is 3. The Kier molecular flexibility index (Phi) is 7.72. The summed E-state index contributed by atoms with van der Waals surface area (Å²) >= 11 is 0. The number of anilines is 2. The molecule has 13 heteroatoms. The Balaban J connectivity index is 1.46. The number of hydrogen-bond acceptors (Lipinski definition) is 13. The summed E-state index contributed by atoms with van der Waals surface area (Å²) in [4.78, 5) is 12.9. The minimum atomic E-state index is -0.803. The van der Waals surface area contributed by atoms with Crippen molar-refractivity contribution < 1.29 is 38.6 Å². The highest BCUT2D eigenvalue weighted by atomic mass is 16.9. The second-order valence-corrected chi connectivity index (χ2v) is 9.29. The third kappa shape index (κ3) is 6.03. The molecule has 1 aromatic rings. The minimum Gasteiger partial charge on any atom is -0.460 e. The van der Waals surface area contributed by atoms with Gasteiger partial charge in [0.1, 0.15) is 31.0 Å². The maximum absolute atomic E-state index is 9.02. The van der Waals surface area contributed by atoms with Crippen molar-refractivity contribution in [3.63, 3.8) is 0 Å². The Morgan fingerprint density at radius 3 is 1.97 bits per heavy atom. The molecule has 0 radical (unpaired) electrons. The van der Waals surface area contributed by atoms with Gasteiger partial charge in [0.2, 0.25) is 11.9 Å². The van der Waals surface area contributed by atoms with Crippen LogP contribution in [0.5, 0.6) is 6.01 Å². The Morgan fingerprint density at radius 1 is 0.794 bits per heavy atom. The largest absolute Gasteiger partial charge is 0.460 e. The number of rotatable bonds is 11. The molecule has 0 spiro atoms. The molecule has 3 saturated heterocycles. The zero-order valence-electron chi connectivity index (χ0n) is 20.0. The lowest BCUT2D eigenvalue weighted by Crippen LogP contribution is -2.56. The lowest BCUT2D eigenvalue weighted by molar-refractivity contribution is -0.238. The fourth-order valence-electron chi connectivity index (χ4n) is 4.12. The quantitative estimate of drug-likeness (QED) is 0.316. The molecule has 0 aliphatic carbocycles. The lowest BCUT2D eigenvalue weighted by atomic mass is 9.99. The van der Waals surface area contributed by atoms with Crippen molar-refractivity contribution in [2.75, 3.05) is 43.5 Å². The molecular weight excluding hydrogens is 450 g/mol. The molecule has 3 fully saturated rings. The van der Waals surface area contributed by atoms with E-state index in [0.717, 1.165) is 0 Å². The summed E-state index contributed by atoms with van der Waals surface area (Å²) in [5.74, 6) is -0.987. The third-order valence-electron chi connectivity index (χ3n) is 5.48. The van der Waals surface area contributed by atoms with Gasteiger partial charge in [-0.05, 0) is 40.5 Å². The zero-order valence-corrected chi connectivity index (χ0v) is 20.0. The van der Waals surface area contributed by atoms with Gasteiger partial charge in [-0.3, -0.25) is 0 Å². The van der Waals surface area contributed by atoms with E-state index in [4.69, 9.17) is 38.6 Å². The van der Waals surface area contributed by atoms with Crippen LogP contribution in [0.3, 0.4) is 0 Å². The first-order valence-electron chi connectivity index (χ1n) is 11.6. The van der Waals surface area contributed by atoms with Crippen LogP contribution in [0.1, 0.15) is 40.5 Å². The van der Waals surface area contributed by atoms with E-state index >= 15 is 0 Å². The van der Waals surface area contributed by atoms with Gasteiger partial charge in [0.25, 0.3) is 0 Å². The molecule has 0 unspecified atom stereocenters. The van der Waals surface area contributed by atoms with Crippen LogP contribution in [-0.4, -0.2) is 100 Å². The lowest BCUT2D eigenvalue weighted by Gasteiger charge is -2.36. The van der Waals surface area contributed by atoms with Gasteiger partial charge >= 0.3 is 6.01 Å². The van der Waals surface area contributed by atoms with Gasteiger partial charge in [0, 0.05) is 26.3 Å². The first-order chi connectivity index (χ1) is 16.2. The van der Waals surface area contributed by atoms with Crippen molar-refractivity contribution in [3.8, 4) is 6.01 Å². The van der Waals surface area contributed by atoms with E-state index in [1.807, 2.05) is 27.7 Å². The van der Waals surface area contributed by atoms with E-state index in [0.29, 0.717) is 37.8 Å². The number of aliphatic hydroxyl groups excluding tert-OH is 2. The number of nitrogens with one attached hydrogen (secondary N) is 2. The number of fused-ring (bicyclic) bond motifs is 3. The SMILES string of the molecule is CC1(C)O[C@H]2[C@@H](O1)[C@@H](COc1nc(NCCCO)nc(NCCCO)n1)O[C@@H]1OC(C)(C)O[C@@H]12. The summed E-state index contributed by atoms with van der Waals surface area (Å²) in [6.07, 6.45) is -1.27. The van der Waals surface area contributed by atoms with Crippen LogP contribution < -0.4 is 15.4 Å². The number of aliphatic hydroxyl groups is 2. The maximum Gasteiger partial charge on any atom is 0.323 e. The van der Waals surface area contributed by atoms with Crippen LogP contribution in [-0.2, 0) is 23.7 Å².